The second-order valence-electron chi connectivity index (χ2n) is 9.43. The summed E-state index contributed by atoms with van der Waals surface area (Å²) in [5.41, 5.74) is 7.49. The lowest BCUT2D eigenvalue weighted by Gasteiger charge is -2.17. The van der Waals surface area contributed by atoms with Crippen LogP contribution in [0.1, 0.15) is 33.4 Å². The summed E-state index contributed by atoms with van der Waals surface area (Å²) in [6.07, 6.45) is 0.772. The van der Waals surface area contributed by atoms with Gasteiger partial charge in [-0.3, -0.25) is 0 Å². The average Bonchev–Trinajstić information content (AvgIpc) is 3.33. The number of hydrogen-bond donors (Lipinski definition) is 0. The Morgan fingerprint density at radius 1 is 0.590 bits per heavy atom. The van der Waals surface area contributed by atoms with Crippen molar-refractivity contribution >= 4 is 0 Å². The fourth-order valence-corrected chi connectivity index (χ4v) is 4.79. The van der Waals surface area contributed by atoms with Crippen molar-refractivity contribution < 1.29 is 18.3 Å². The molecule has 1 aliphatic carbocycles. The van der Waals surface area contributed by atoms with E-state index in [0.717, 1.165) is 51.4 Å². The van der Waals surface area contributed by atoms with Crippen molar-refractivity contribution in [3.63, 3.8) is 0 Å². The van der Waals surface area contributed by atoms with Gasteiger partial charge >= 0.3 is 0 Å². The minimum absolute atomic E-state index is 0.289. The van der Waals surface area contributed by atoms with Crippen molar-refractivity contribution in [3.8, 4) is 34.5 Å². The third-order valence-corrected chi connectivity index (χ3v) is 6.64. The lowest BCUT2D eigenvalue weighted by atomic mass is 10.0. The zero-order valence-corrected chi connectivity index (χ0v) is 21.1. The molecule has 39 heavy (non-hydrogen) atoms. The minimum Gasteiger partial charge on any atom is -0.485 e. The van der Waals surface area contributed by atoms with Gasteiger partial charge in [-0.2, -0.15) is 0 Å². The van der Waals surface area contributed by atoms with Crippen molar-refractivity contribution in [2.24, 2.45) is 0 Å². The Labute approximate surface area is 226 Å². The number of rotatable bonds is 6. The molecule has 5 aromatic carbocycles. The molecule has 0 aromatic heterocycles. The predicted octanol–water partition coefficient (Wildman–Crippen LogP) is 8.09. The monoisotopic (exact) mass is 514 g/mol. The first-order valence-corrected chi connectivity index (χ1v) is 12.7. The molecule has 0 radical (unpaired) electrons. The topological polar surface area (TPSA) is 18.5 Å². The molecule has 5 aromatic rings. The van der Waals surface area contributed by atoms with E-state index in [-0.39, 0.29) is 5.56 Å². The lowest BCUT2D eigenvalue weighted by molar-refractivity contribution is 0.257. The first-order chi connectivity index (χ1) is 19.1. The van der Waals surface area contributed by atoms with Crippen LogP contribution < -0.4 is 9.47 Å². The van der Waals surface area contributed by atoms with Crippen LogP contribution in [-0.2, 0) is 19.6 Å². The smallest absolute Gasteiger partial charge is 0.169 e. The maximum absolute atomic E-state index is 13.6. The van der Waals surface area contributed by atoms with Gasteiger partial charge in [0.05, 0.1) is 0 Å². The Kier molecular flexibility index (Phi) is 6.80. The van der Waals surface area contributed by atoms with Gasteiger partial charge < -0.3 is 9.47 Å². The van der Waals surface area contributed by atoms with Gasteiger partial charge in [0.15, 0.2) is 11.5 Å². The van der Waals surface area contributed by atoms with Crippen LogP contribution >= 0.6 is 0 Å². The van der Waals surface area contributed by atoms with E-state index in [1.54, 1.807) is 0 Å². The summed E-state index contributed by atoms with van der Waals surface area (Å²) >= 11 is 0. The van der Waals surface area contributed by atoms with E-state index >= 15 is 0 Å². The SMILES string of the molecule is Fc1cc(F)cc(C#Cc2ccc3c(c2)-c2c(ccc(OCc4ccccc4)c2OCc2ccccc2)C3)c1. The Morgan fingerprint density at radius 2 is 1.21 bits per heavy atom. The van der Waals surface area contributed by atoms with Crippen LogP contribution in [0.25, 0.3) is 11.1 Å². The number of benzene rings is 5. The molecule has 6 rings (SSSR count). The highest BCUT2D eigenvalue weighted by Gasteiger charge is 2.26. The zero-order chi connectivity index (χ0) is 26.6. The third-order valence-electron chi connectivity index (χ3n) is 6.64. The summed E-state index contributed by atoms with van der Waals surface area (Å²) in [6.45, 7) is 0.822. The van der Waals surface area contributed by atoms with E-state index in [1.807, 2.05) is 78.9 Å². The summed E-state index contributed by atoms with van der Waals surface area (Å²) in [5, 5.41) is 0. The highest BCUT2D eigenvalue weighted by molar-refractivity contribution is 5.84. The Hall–Kier alpha value is -4.88. The van der Waals surface area contributed by atoms with Crippen LogP contribution in [0.3, 0.4) is 0 Å². The summed E-state index contributed by atoms with van der Waals surface area (Å²) in [5.74, 6) is 6.02. The maximum atomic E-state index is 13.6. The van der Waals surface area contributed by atoms with E-state index < -0.39 is 11.6 Å². The first kappa shape index (κ1) is 24.5. The Morgan fingerprint density at radius 3 is 1.90 bits per heavy atom. The largest absolute Gasteiger partial charge is 0.485 e. The van der Waals surface area contributed by atoms with Crippen molar-refractivity contribution in [3.05, 3.63) is 154 Å². The van der Waals surface area contributed by atoms with Gasteiger partial charge in [0, 0.05) is 22.8 Å². The predicted molar refractivity (Wildman–Crippen MR) is 149 cm³/mol. The second-order valence-corrected chi connectivity index (χ2v) is 9.43. The fourth-order valence-electron chi connectivity index (χ4n) is 4.79. The molecule has 0 heterocycles. The third kappa shape index (κ3) is 5.54. The molecular formula is C35H24F2O2. The lowest BCUT2D eigenvalue weighted by Crippen LogP contribution is -2.02. The van der Waals surface area contributed by atoms with Gasteiger partial charge in [0.2, 0.25) is 0 Å². The molecule has 0 fully saturated rings. The highest BCUT2D eigenvalue weighted by Crippen LogP contribution is 2.48. The number of ether oxygens (including phenoxy) is 2. The van der Waals surface area contributed by atoms with Gasteiger partial charge in [-0.25, -0.2) is 8.78 Å². The van der Waals surface area contributed by atoms with Gasteiger partial charge in [-0.1, -0.05) is 84.6 Å². The molecule has 0 saturated heterocycles. The molecule has 0 spiro atoms. The average molecular weight is 515 g/mol. The van der Waals surface area contributed by atoms with Crippen molar-refractivity contribution in [2.45, 2.75) is 19.6 Å². The van der Waals surface area contributed by atoms with E-state index in [9.17, 15) is 8.78 Å². The molecule has 2 nitrogen and oxygen atoms in total. The quantitative estimate of drug-likeness (QED) is 0.209. The van der Waals surface area contributed by atoms with E-state index in [2.05, 4.69) is 24.0 Å². The molecule has 0 atom stereocenters. The zero-order valence-electron chi connectivity index (χ0n) is 21.1. The summed E-state index contributed by atoms with van der Waals surface area (Å²) in [7, 11) is 0. The van der Waals surface area contributed by atoms with Crippen LogP contribution in [0.5, 0.6) is 11.5 Å². The molecule has 0 amide bonds. The van der Waals surface area contributed by atoms with E-state index in [1.165, 1.54) is 12.1 Å². The molecule has 190 valence electrons. The van der Waals surface area contributed by atoms with E-state index in [0.29, 0.717) is 24.7 Å². The standard InChI is InChI=1S/C35H24F2O2/c36-30-17-27(18-31(37)21-30)12-11-24-13-14-28-20-29-15-16-33(38-22-25-7-3-1-4-8-25)35(34(29)32(28)19-24)39-23-26-9-5-2-6-10-26/h1-10,13-19,21H,20,22-23H2. The van der Waals surface area contributed by atoms with Gasteiger partial charge in [0.25, 0.3) is 0 Å². The highest BCUT2D eigenvalue weighted by atomic mass is 19.1. The van der Waals surface area contributed by atoms with Gasteiger partial charge in [-0.05, 0) is 64.6 Å². The van der Waals surface area contributed by atoms with Gasteiger partial charge in [-0.15, -0.1) is 0 Å². The molecule has 0 bridgehead atoms. The molecule has 0 N–H and O–H groups in total. The van der Waals surface area contributed by atoms with Crippen LogP contribution in [0.4, 0.5) is 8.78 Å². The molecule has 1 aliphatic rings. The maximum Gasteiger partial charge on any atom is 0.169 e. The molecule has 4 heteroatoms. The molecule has 0 aliphatic heterocycles. The Bertz CT molecular complexity index is 1680. The van der Waals surface area contributed by atoms with E-state index in [4.69, 9.17) is 9.47 Å². The van der Waals surface area contributed by atoms with Crippen LogP contribution in [0.2, 0.25) is 0 Å². The number of halogens is 2. The van der Waals surface area contributed by atoms with Crippen molar-refractivity contribution in [2.75, 3.05) is 0 Å². The Balaban J connectivity index is 1.37. The summed E-state index contributed by atoms with van der Waals surface area (Å²) < 4.78 is 40.0. The second kappa shape index (κ2) is 10.8. The van der Waals surface area contributed by atoms with Crippen LogP contribution in [0.15, 0.2) is 109 Å². The fraction of sp³-hybridized carbons (Fsp3) is 0.0857. The molecule has 0 saturated carbocycles. The number of fused-ring (bicyclic) bond motifs is 3. The summed E-state index contributed by atoms with van der Waals surface area (Å²) in [4.78, 5) is 0. The minimum atomic E-state index is -0.648. The van der Waals surface area contributed by atoms with Crippen LogP contribution in [0, 0.1) is 23.5 Å². The van der Waals surface area contributed by atoms with Gasteiger partial charge in [0.1, 0.15) is 24.8 Å². The number of hydrogen-bond acceptors (Lipinski definition) is 2. The molecular weight excluding hydrogens is 490 g/mol. The van der Waals surface area contributed by atoms with Crippen molar-refractivity contribution in [1.82, 2.24) is 0 Å². The first-order valence-electron chi connectivity index (χ1n) is 12.7. The molecule has 0 unspecified atom stereocenters. The summed E-state index contributed by atoms with van der Waals surface area (Å²) in [6, 6.07) is 33.4. The van der Waals surface area contributed by atoms with Crippen molar-refractivity contribution in [1.29, 1.82) is 0 Å². The normalized spacial score (nSPS) is 11.2. The van der Waals surface area contributed by atoms with Crippen LogP contribution in [-0.4, -0.2) is 0 Å².